The minimum atomic E-state index is -0.769. The Balaban J connectivity index is 1.43. The van der Waals surface area contributed by atoms with Gasteiger partial charge in [-0.25, -0.2) is 9.78 Å². The fraction of sp³-hybridized carbons (Fsp3) is 0.643. The molecule has 2 unspecified atom stereocenters. The van der Waals surface area contributed by atoms with Crippen LogP contribution in [0.4, 0.5) is 4.79 Å². The van der Waals surface area contributed by atoms with E-state index in [0.717, 1.165) is 19.3 Å². The molecular formula is C14H20N4O3S. The molecule has 2 aliphatic rings. The largest absolute Gasteiger partial charge is 0.473 e. The average Bonchev–Trinajstić information content (AvgIpc) is 2.94. The highest BCUT2D eigenvalue weighted by molar-refractivity contribution is 7.85. The summed E-state index contributed by atoms with van der Waals surface area (Å²) in [5, 5.41) is 2.97. The van der Waals surface area contributed by atoms with Crippen molar-refractivity contribution in [3.63, 3.8) is 0 Å². The Morgan fingerprint density at radius 1 is 1.32 bits per heavy atom. The van der Waals surface area contributed by atoms with Crippen LogP contribution >= 0.6 is 0 Å². The van der Waals surface area contributed by atoms with Crippen LogP contribution in [0.2, 0.25) is 0 Å². The maximum absolute atomic E-state index is 12.2. The average molecular weight is 324 g/mol. The van der Waals surface area contributed by atoms with Gasteiger partial charge in [0.1, 0.15) is 6.10 Å². The van der Waals surface area contributed by atoms with Gasteiger partial charge in [0.2, 0.25) is 5.88 Å². The van der Waals surface area contributed by atoms with Crippen molar-refractivity contribution in [2.24, 2.45) is 0 Å². The van der Waals surface area contributed by atoms with Gasteiger partial charge in [0, 0.05) is 66.7 Å². The fourth-order valence-electron chi connectivity index (χ4n) is 2.74. The van der Waals surface area contributed by atoms with Crippen LogP contribution in [0.1, 0.15) is 19.3 Å². The van der Waals surface area contributed by atoms with Crippen LogP contribution in [-0.2, 0) is 10.8 Å². The van der Waals surface area contributed by atoms with Crippen molar-refractivity contribution in [1.29, 1.82) is 0 Å². The second-order valence-electron chi connectivity index (χ2n) is 5.59. The molecule has 0 saturated carbocycles. The Labute approximate surface area is 131 Å². The molecule has 0 radical (unpaired) electrons. The number of nitrogens with one attached hydrogen (secondary N) is 1. The Kier molecular flexibility index (Phi) is 4.87. The van der Waals surface area contributed by atoms with E-state index in [4.69, 9.17) is 4.74 Å². The van der Waals surface area contributed by atoms with Gasteiger partial charge in [-0.15, -0.1) is 0 Å². The second kappa shape index (κ2) is 7.04. The lowest BCUT2D eigenvalue weighted by molar-refractivity contribution is 0.106. The smallest absolute Gasteiger partial charge is 0.317 e. The molecule has 8 heteroatoms. The van der Waals surface area contributed by atoms with Crippen LogP contribution in [-0.4, -0.2) is 61.8 Å². The molecule has 1 N–H and O–H groups in total. The molecule has 2 saturated heterocycles. The SMILES string of the molecule is O=C(NC1CCS(=O)C1)N1CCC(Oc2cnccn2)CC1. The van der Waals surface area contributed by atoms with Crippen molar-refractivity contribution in [2.45, 2.75) is 31.4 Å². The zero-order valence-electron chi connectivity index (χ0n) is 12.3. The van der Waals surface area contributed by atoms with Gasteiger partial charge >= 0.3 is 6.03 Å². The van der Waals surface area contributed by atoms with Gasteiger partial charge in [-0.05, 0) is 6.42 Å². The maximum atomic E-state index is 12.2. The van der Waals surface area contributed by atoms with E-state index in [0.29, 0.717) is 30.5 Å². The minimum absolute atomic E-state index is 0.0538. The molecule has 0 aliphatic carbocycles. The molecular weight excluding hydrogens is 304 g/mol. The first kappa shape index (κ1) is 15.2. The molecule has 0 aromatic carbocycles. The highest BCUT2D eigenvalue weighted by atomic mass is 32.2. The monoisotopic (exact) mass is 324 g/mol. The summed E-state index contributed by atoms with van der Waals surface area (Å²) in [5.74, 6) is 1.80. The van der Waals surface area contributed by atoms with E-state index in [1.807, 2.05) is 0 Å². The summed E-state index contributed by atoms with van der Waals surface area (Å²) in [6.45, 7) is 1.32. The van der Waals surface area contributed by atoms with E-state index in [1.54, 1.807) is 23.5 Å². The van der Waals surface area contributed by atoms with E-state index in [9.17, 15) is 9.00 Å². The zero-order valence-corrected chi connectivity index (χ0v) is 13.1. The van der Waals surface area contributed by atoms with Gasteiger partial charge in [0.25, 0.3) is 0 Å². The predicted molar refractivity (Wildman–Crippen MR) is 82.1 cm³/mol. The molecule has 3 rings (SSSR count). The molecule has 7 nitrogen and oxygen atoms in total. The highest BCUT2D eigenvalue weighted by Gasteiger charge is 2.28. The third kappa shape index (κ3) is 3.94. The van der Waals surface area contributed by atoms with Crippen molar-refractivity contribution in [2.75, 3.05) is 24.6 Å². The van der Waals surface area contributed by atoms with Crippen molar-refractivity contribution in [3.8, 4) is 5.88 Å². The third-order valence-corrected chi connectivity index (χ3v) is 5.43. The molecule has 120 valence electrons. The number of piperidine rings is 1. The molecule has 1 aromatic heterocycles. The summed E-state index contributed by atoms with van der Waals surface area (Å²) >= 11 is 0. The lowest BCUT2D eigenvalue weighted by atomic mass is 10.1. The molecule has 3 heterocycles. The number of hydrogen-bond donors (Lipinski definition) is 1. The van der Waals surface area contributed by atoms with Crippen LogP contribution in [0, 0.1) is 0 Å². The maximum Gasteiger partial charge on any atom is 0.317 e. The van der Waals surface area contributed by atoms with Crippen LogP contribution in [0.25, 0.3) is 0 Å². The number of carbonyl (C=O) groups is 1. The molecule has 1 aromatic rings. The fourth-order valence-corrected chi connectivity index (χ4v) is 4.15. The van der Waals surface area contributed by atoms with Crippen LogP contribution in [0.15, 0.2) is 18.6 Å². The Morgan fingerprint density at radius 2 is 2.14 bits per heavy atom. The van der Waals surface area contributed by atoms with Crippen molar-refractivity contribution >= 4 is 16.8 Å². The first-order valence-electron chi connectivity index (χ1n) is 7.54. The van der Waals surface area contributed by atoms with E-state index in [2.05, 4.69) is 15.3 Å². The summed E-state index contributed by atoms with van der Waals surface area (Å²) in [6, 6.07) is 0.00347. The van der Waals surface area contributed by atoms with E-state index >= 15 is 0 Å². The van der Waals surface area contributed by atoms with Crippen LogP contribution in [0.5, 0.6) is 5.88 Å². The summed E-state index contributed by atoms with van der Waals surface area (Å²) in [5.41, 5.74) is 0. The summed E-state index contributed by atoms with van der Waals surface area (Å²) < 4.78 is 17.1. The molecule has 2 aliphatic heterocycles. The van der Waals surface area contributed by atoms with Gasteiger partial charge < -0.3 is 15.0 Å². The topological polar surface area (TPSA) is 84.4 Å². The molecule has 2 fully saturated rings. The number of urea groups is 1. The number of rotatable bonds is 3. The van der Waals surface area contributed by atoms with Gasteiger partial charge in [-0.1, -0.05) is 0 Å². The lowest BCUT2D eigenvalue weighted by Gasteiger charge is -2.32. The first-order chi connectivity index (χ1) is 10.7. The first-order valence-corrected chi connectivity index (χ1v) is 9.02. The number of likely N-dealkylation sites (tertiary alicyclic amines) is 1. The number of nitrogens with zero attached hydrogens (tertiary/aromatic N) is 3. The van der Waals surface area contributed by atoms with Crippen molar-refractivity contribution < 1.29 is 13.7 Å². The number of amides is 2. The Hall–Kier alpha value is -1.70. The van der Waals surface area contributed by atoms with Gasteiger partial charge in [0.15, 0.2) is 0 Å². The highest BCUT2D eigenvalue weighted by Crippen LogP contribution is 2.17. The number of carbonyl (C=O) groups excluding carboxylic acids is 1. The minimum Gasteiger partial charge on any atom is -0.473 e. The Morgan fingerprint density at radius 3 is 2.77 bits per heavy atom. The lowest BCUT2D eigenvalue weighted by Crippen LogP contribution is -2.49. The third-order valence-electron chi connectivity index (χ3n) is 3.96. The zero-order chi connectivity index (χ0) is 15.4. The normalized spacial score (nSPS) is 25.9. The molecule has 0 spiro atoms. The number of aromatic nitrogens is 2. The summed E-state index contributed by atoms with van der Waals surface area (Å²) in [7, 11) is -0.769. The quantitative estimate of drug-likeness (QED) is 0.878. The summed E-state index contributed by atoms with van der Waals surface area (Å²) in [4.78, 5) is 22.0. The van der Waals surface area contributed by atoms with Crippen LogP contribution in [0.3, 0.4) is 0 Å². The van der Waals surface area contributed by atoms with Crippen LogP contribution < -0.4 is 10.1 Å². The molecule has 2 amide bonds. The van der Waals surface area contributed by atoms with E-state index in [-0.39, 0.29) is 18.2 Å². The van der Waals surface area contributed by atoms with Gasteiger partial charge in [-0.2, -0.15) is 0 Å². The predicted octanol–water partition coefficient (Wildman–Crippen LogP) is 0.550. The van der Waals surface area contributed by atoms with Gasteiger partial charge in [0.05, 0.1) is 6.20 Å². The second-order valence-corrected chi connectivity index (χ2v) is 7.21. The molecule has 0 bridgehead atoms. The van der Waals surface area contributed by atoms with Crippen molar-refractivity contribution in [1.82, 2.24) is 20.2 Å². The number of ether oxygens (including phenoxy) is 1. The summed E-state index contributed by atoms with van der Waals surface area (Å²) in [6.07, 6.45) is 7.24. The number of hydrogen-bond acceptors (Lipinski definition) is 5. The van der Waals surface area contributed by atoms with Gasteiger partial charge in [-0.3, -0.25) is 9.19 Å². The molecule has 2 atom stereocenters. The van der Waals surface area contributed by atoms with E-state index < -0.39 is 10.8 Å². The molecule has 22 heavy (non-hydrogen) atoms. The Bertz CT molecular complexity index is 534. The standard InChI is InChI=1S/C14H20N4O3S/c19-14(17-11-3-8-22(20)10-11)18-6-1-12(2-7-18)21-13-9-15-4-5-16-13/h4-5,9,11-12H,1-3,6-8,10H2,(H,17,19). The van der Waals surface area contributed by atoms with Crippen molar-refractivity contribution in [3.05, 3.63) is 18.6 Å². The van der Waals surface area contributed by atoms with E-state index in [1.165, 1.54) is 0 Å².